The number of carbonyl (C=O) groups is 1. The molecule has 0 aliphatic carbocycles. The predicted octanol–water partition coefficient (Wildman–Crippen LogP) is 3.31. The number of hydrogen-bond acceptors (Lipinski definition) is 5. The van der Waals surface area contributed by atoms with Crippen LogP contribution in [0, 0.1) is 0 Å². The number of carbonyl (C=O) groups excluding carboxylic acids is 1. The summed E-state index contributed by atoms with van der Waals surface area (Å²) in [4.78, 5) is 16.0. The molecule has 0 aliphatic heterocycles. The van der Waals surface area contributed by atoms with Crippen molar-refractivity contribution in [2.24, 2.45) is 0 Å². The first-order valence-electron chi connectivity index (χ1n) is 8.00. The number of hydrogen-bond donors (Lipinski definition) is 1. The fourth-order valence-corrected chi connectivity index (χ4v) is 2.35. The lowest BCUT2D eigenvalue weighted by molar-refractivity contribution is -0.137. The highest BCUT2D eigenvalue weighted by Crippen LogP contribution is 2.33. The van der Waals surface area contributed by atoms with E-state index < -0.39 is 17.6 Å². The Hall–Kier alpha value is -3.56. The molecule has 0 bridgehead atoms. The van der Waals surface area contributed by atoms with Crippen molar-refractivity contribution in [3.8, 4) is 17.2 Å². The van der Waals surface area contributed by atoms with Crippen molar-refractivity contribution >= 4 is 11.6 Å². The molecule has 1 amide bonds. The Kier molecular flexibility index (Phi) is 5.48. The zero-order chi connectivity index (χ0) is 20.1. The lowest BCUT2D eigenvalue weighted by Gasteiger charge is -2.14. The Bertz CT molecular complexity index is 942. The third-order valence-corrected chi connectivity index (χ3v) is 3.69. The maximum absolute atomic E-state index is 13.0. The van der Waals surface area contributed by atoms with Gasteiger partial charge in [-0.25, -0.2) is 9.67 Å². The number of nitrogens with zero attached hydrogens (tertiary/aromatic N) is 3. The minimum atomic E-state index is -4.56. The molecule has 1 heterocycles. The van der Waals surface area contributed by atoms with Crippen LogP contribution in [0.15, 0.2) is 55.1 Å². The van der Waals surface area contributed by atoms with Gasteiger partial charge in [-0.3, -0.25) is 4.79 Å². The van der Waals surface area contributed by atoms with Gasteiger partial charge in [-0.1, -0.05) is 0 Å². The van der Waals surface area contributed by atoms with Gasteiger partial charge in [0.25, 0.3) is 5.91 Å². The minimum absolute atomic E-state index is 0.0661. The number of amides is 1. The highest BCUT2D eigenvalue weighted by molar-refractivity contribution is 5.94. The first kappa shape index (κ1) is 19.2. The van der Waals surface area contributed by atoms with Crippen LogP contribution in [0.5, 0.6) is 11.5 Å². The largest absolute Gasteiger partial charge is 0.497 e. The molecule has 0 fully saturated rings. The number of benzene rings is 2. The van der Waals surface area contributed by atoms with E-state index >= 15 is 0 Å². The maximum atomic E-state index is 13.0. The Morgan fingerprint density at radius 3 is 2.46 bits per heavy atom. The van der Waals surface area contributed by atoms with Crippen LogP contribution >= 0.6 is 0 Å². The molecule has 3 rings (SSSR count). The van der Waals surface area contributed by atoms with E-state index in [9.17, 15) is 18.0 Å². The second-order valence-electron chi connectivity index (χ2n) is 5.58. The molecule has 0 aliphatic rings. The number of alkyl halides is 3. The van der Waals surface area contributed by atoms with Gasteiger partial charge in [0.1, 0.15) is 24.2 Å². The Morgan fingerprint density at radius 1 is 1.14 bits per heavy atom. The van der Waals surface area contributed by atoms with E-state index in [1.165, 1.54) is 30.5 Å². The third kappa shape index (κ3) is 4.58. The van der Waals surface area contributed by atoms with E-state index in [-0.39, 0.29) is 18.0 Å². The van der Waals surface area contributed by atoms with E-state index in [2.05, 4.69) is 15.4 Å². The first-order valence-corrected chi connectivity index (χ1v) is 8.00. The predicted molar refractivity (Wildman–Crippen MR) is 93.5 cm³/mol. The van der Waals surface area contributed by atoms with Gasteiger partial charge < -0.3 is 14.8 Å². The minimum Gasteiger partial charge on any atom is -0.497 e. The molecule has 0 radical (unpaired) electrons. The second kappa shape index (κ2) is 7.99. The SMILES string of the molecule is COc1ccc(OCC(=O)Nc2cc(C(F)(F)F)ccc2-n2cncn2)cc1. The van der Waals surface area contributed by atoms with Crippen LogP contribution in [0.2, 0.25) is 0 Å². The summed E-state index contributed by atoms with van der Waals surface area (Å²) < 4.78 is 50.7. The molecule has 0 atom stereocenters. The summed E-state index contributed by atoms with van der Waals surface area (Å²) in [6, 6.07) is 9.47. The summed E-state index contributed by atoms with van der Waals surface area (Å²) in [6.45, 7) is -0.390. The van der Waals surface area contributed by atoms with Crippen molar-refractivity contribution in [2.45, 2.75) is 6.18 Å². The fourth-order valence-electron chi connectivity index (χ4n) is 2.35. The van der Waals surface area contributed by atoms with Gasteiger partial charge in [0, 0.05) is 0 Å². The molecule has 146 valence electrons. The van der Waals surface area contributed by atoms with Gasteiger partial charge in [0.05, 0.1) is 24.0 Å². The molecule has 0 saturated heterocycles. The smallest absolute Gasteiger partial charge is 0.416 e. The number of methoxy groups -OCH3 is 1. The summed E-state index contributed by atoms with van der Waals surface area (Å²) in [7, 11) is 1.52. The second-order valence-corrected chi connectivity index (χ2v) is 5.58. The fraction of sp³-hybridized carbons (Fsp3) is 0.167. The summed E-state index contributed by atoms with van der Waals surface area (Å²) in [5.41, 5.74) is -0.727. The average molecular weight is 392 g/mol. The average Bonchev–Trinajstić information content (AvgIpc) is 3.20. The number of halogens is 3. The third-order valence-electron chi connectivity index (χ3n) is 3.69. The van der Waals surface area contributed by atoms with Gasteiger partial charge in [0.15, 0.2) is 6.61 Å². The molecule has 0 saturated carbocycles. The van der Waals surface area contributed by atoms with Crippen LogP contribution < -0.4 is 14.8 Å². The number of aromatic nitrogens is 3. The monoisotopic (exact) mass is 392 g/mol. The van der Waals surface area contributed by atoms with Gasteiger partial charge in [-0.15, -0.1) is 0 Å². The molecule has 0 unspecified atom stereocenters. The van der Waals surface area contributed by atoms with E-state index in [1.807, 2.05) is 0 Å². The lowest BCUT2D eigenvalue weighted by atomic mass is 10.1. The van der Waals surface area contributed by atoms with Crippen molar-refractivity contribution in [1.82, 2.24) is 14.8 Å². The van der Waals surface area contributed by atoms with E-state index in [0.717, 1.165) is 12.1 Å². The number of ether oxygens (including phenoxy) is 2. The number of nitrogens with one attached hydrogen (secondary N) is 1. The van der Waals surface area contributed by atoms with Crippen LogP contribution in [0.4, 0.5) is 18.9 Å². The van der Waals surface area contributed by atoms with Gasteiger partial charge >= 0.3 is 6.18 Å². The van der Waals surface area contributed by atoms with Gasteiger partial charge in [0.2, 0.25) is 0 Å². The zero-order valence-corrected chi connectivity index (χ0v) is 14.6. The summed E-state index contributed by atoms with van der Waals surface area (Å²) in [5.74, 6) is 0.409. The van der Waals surface area contributed by atoms with Gasteiger partial charge in [-0.05, 0) is 42.5 Å². The topological polar surface area (TPSA) is 78.3 Å². The maximum Gasteiger partial charge on any atom is 0.416 e. The molecule has 28 heavy (non-hydrogen) atoms. The van der Waals surface area contributed by atoms with Crippen LogP contribution in [0.25, 0.3) is 5.69 Å². The molecular weight excluding hydrogens is 377 g/mol. The van der Waals surface area contributed by atoms with Gasteiger partial charge in [-0.2, -0.15) is 18.3 Å². The number of anilines is 1. The van der Waals surface area contributed by atoms with Crippen LogP contribution in [-0.4, -0.2) is 34.4 Å². The van der Waals surface area contributed by atoms with Crippen molar-refractivity contribution in [1.29, 1.82) is 0 Å². The van der Waals surface area contributed by atoms with E-state index in [0.29, 0.717) is 11.5 Å². The Balaban J connectivity index is 1.76. The van der Waals surface area contributed by atoms with Crippen molar-refractivity contribution < 1.29 is 27.4 Å². The molecule has 1 aromatic heterocycles. The van der Waals surface area contributed by atoms with Crippen LogP contribution in [0.3, 0.4) is 0 Å². The molecule has 2 aromatic carbocycles. The van der Waals surface area contributed by atoms with Crippen LogP contribution in [-0.2, 0) is 11.0 Å². The first-order chi connectivity index (χ1) is 13.4. The van der Waals surface area contributed by atoms with E-state index in [4.69, 9.17) is 9.47 Å². The normalized spacial score (nSPS) is 11.1. The van der Waals surface area contributed by atoms with Crippen molar-refractivity contribution in [3.63, 3.8) is 0 Å². The molecular formula is C18H15F3N4O3. The van der Waals surface area contributed by atoms with E-state index in [1.54, 1.807) is 24.3 Å². The zero-order valence-electron chi connectivity index (χ0n) is 14.6. The molecule has 1 N–H and O–H groups in total. The molecule has 0 spiro atoms. The number of rotatable bonds is 6. The Labute approximate surface area is 157 Å². The van der Waals surface area contributed by atoms with Crippen molar-refractivity contribution in [3.05, 3.63) is 60.7 Å². The molecule has 3 aromatic rings. The highest BCUT2D eigenvalue weighted by Gasteiger charge is 2.31. The quantitative estimate of drug-likeness (QED) is 0.696. The summed E-state index contributed by atoms with van der Waals surface area (Å²) >= 11 is 0. The standard InChI is InChI=1S/C18H15F3N4O3/c1-27-13-3-5-14(6-4-13)28-9-17(26)24-15-8-12(18(19,20)21)2-7-16(15)25-11-22-10-23-25/h2-8,10-11H,9H2,1H3,(H,24,26). The van der Waals surface area contributed by atoms with Crippen LogP contribution in [0.1, 0.15) is 5.56 Å². The molecule has 7 nitrogen and oxygen atoms in total. The van der Waals surface area contributed by atoms with Crippen molar-refractivity contribution in [2.75, 3.05) is 19.0 Å². The summed E-state index contributed by atoms with van der Waals surface area (Å²) in [6.07, 6.45) is -2.01. The Morgan fingerprint density at radius 2 is 1.86 bits per heavy atom. The lowest BCUT2D eigenvalue weighted by Crippen LogP contribution is -2.21. The molecule has 10 heteroatoms. The highest BCUT2D eigenvalue weighted by atomic mass is 19.4. The summed E-state index contributed by atoms with van der Waals surface area (Å²) in [5, 5.41) is 6.31.